The molecule has 3 N–H and O–H groups in total. The highest BCUT2D eigenvalue weighted by Crippen LogP contribution is 2.13. The molecular formula is C18H22Cl2N4O3. The number of halogens is 2. The minimum atomic E-state index is -0.397. The van der Waals surface area contributed by atoms with Gasteiger partial charge in [0.15, 0.2) is 0 Å². The van der Waals surface area contributed by atoms with Gasteiger partial charge in [-0.2, -0.15) is 0 Å². The molecule has 1 aliphatic rings. The van der Waals surface area contributed by atoms with E-state index in [0.29, 0.717) is 30.2 Å². The summed E-state index contributed by atoms with van der Waals surface area (Å²) in [6.45, 7) is 3.10. The highest BCUT2D eigenvalue weighted by molar-refractivity contribution is 6.03. The van der Waals surface area contributed by atoms with Gasteiger partial charge in [0.25, 0.3) is 5.91 Å². The average molecular weight is 413 g/mol. The lowest BCUT2D eigenvalue weighted by Gasteiger charge is -2.29. The van der Waals surface area contributed by atoms with Crippen molar-refractivity contribution in [1.29, 1.82) is 0 Å². The molecule has 3 rings (SSSR count). The molecule has 1 aliphatic heterocycles. The van der Waals surface area contributed by atoms with Gasteiger partial charge in [0.05, 0.1) is 24.6 Å². The fraction of sp³-hybridized carbons (Fsp3) is 0.278. The number of carbonyl (C=O) groups is 2. The number of hydrogen-bond donors (Lipinski definition) is 3. The third-order valence-electron chi connectivity index (χ3n) is 3.91. The Kier molecular flexibility index (Phi) is 9.17. The fourth-order valence-corrected chi connectivity index (χ4v) is 2.57. The van der Waals surface area contributed by atoms with E-state index in [0.717, 1.165) is 0 Å². The summed E-state index contributed by atoms with van der Waals surface area (Å²) in [6.07, 6.45) is 1.32. The Bertz CT molecular complexity index is 744. The van der Waals surface area contributed by atoms with Crippen LogP contribution in [0.3, 0.4) is 0 Å². The fourth-order valence-electron chi connectivity index (χ4n) is 2.57. The van der Waals surface area contributed by atoms with E-state index >= 15 is 0 Å². The first kappa shape index (κ1) is 22.9. The van der Waals surface area contributed by atoms with Crippen LogP contribution in [0.2, 0.25) is 0 Å². The van der Waals surface area contributed by atoms with Crippen LogP contribution in [0.15, 0.2) is 48.7 Å². The number of ether oxygens (including phenoxy) is 1. The molecule has 1 aromatic heterocycles. The van der Waals surface area contributed by atoms with Crippen molar-refractivity contribution in [3.8, 4) is 0 Å². The van der Waals surface area contributed by atoms with Gasteiger partial charge in [0.1, 0.15) is 11.9 Å². The van der Waals surface area contributed by atoms with Crippen LogP contribution < -0.4 is 16.0 Å². The molecule has 0 saturated carbocycles. The Labute approximate surface area is 170 Å². The molecule has 0 radical (unpaired) electrons. The van der Waals surface area contributed by atoms with Gasteiger partial charge < -0.3 is 20.7 Å². The van der Waals surface area contributed by atoms with E-state index in [2.05, 4.69) is 20.9 Å². The Morgan fingerprint density at radius 1 is 1.11 bits per heavy atom. The monoisotopic (exact) mass is 412 g/mol. The van der Waals surface area contributed by atoms with Crippen LogP contribution in [-0.2, 0) is 9.53 Å². The van der Waals surface area contributed by atoms with Gasteiger partial charge in [0, 0.05) is 12.1 Å². The minimum Gasteiger partial charge on any atom is -0.375 e. The van der Waals surface area contributed by atoms with E-state index in [9.17, 15) is 9.59 Å². The molecule has 146 valence electrons. The summed E-state index contributed by atoms with van der Waals surface area (Å²) >= 11 is 0. The predicted molar refractivity (Wildman–Crippen MR) is 109 cm³/mol. The molecule has 2 heterocycles. The number of pyridine rings is 1. The molecule has 1 aromatic carbocycles. The minimum absolute atomic E-state index is 0. The zero-order valence-corrected chi connectivity index (χ0v) is 16.3. The Balaban J connectivity index is 0.00000182. The second-order valence-electron chi connectivity index (χ2n) is 5.75. The van der Waals surface area contributed by atoms with Crippen LogP contribution in [-0.4, -0.2) is 42.1 Å². The summed E-state index contributed by atoms with van der Waals surface area (Å²) in [5.74, 6) is 0.0108. The third-order valence-corrected chi connectivity index (χ3v) is 3.91. The first-order valence-electron chi connectivity index (χ1n) is 8.12. The van der Waals surface area contributed by atoms with Crippen molar-refractivity contribution in [2.24, 2.45) is 0 Å². The van der Waals surface area contributed by atoms with Crippen molar-refractivity contribution in [2.45, 2.75) is 19.1 Å². The summed E-state index contributed by atoms with van der Waals surface area (Å²) in [5, 5.41) is 8.64. The van der Waals surface area contributed by atoms with Crippen molar-refractivity contribution >= 4 is 48.1 Å². The standard InChI is InChI=1S/C18H20N4O3.2ClH/c1-12-16(19-9-10-25-12)18(24)21-14-7-8-15(20-11-14)22-17(23)13-5-3-2-4-6-13;;/h2-8,11-12,16,19H,9-10H2,1H3,(H,21,24)(H,20,22,23);2*1H/t12-,16+;;/m1../s1. The van der Waals surface area contributed by atoms with Gasteiger partial charge in [-0.3, -0.25) is 9.59 Å². The van der Waals surface area contributed by atoms with Crippen molar-refractivity contribution < 1.29 is 14.3 Å². The first-order chi connectivity index (χ1) is 12.1. The summed E-state index contributed by atoms with van der Waals surface area (Å²) in [5.41, 5.74) is 1.11. The van der Waals surface area contributed by atoms with Gasteiger partial charge in [-0.1, -0.05) is 18.2 Å². The van der Waals surface area contributed by atoms with E-state index in [4.69, 9.17) is 4.74 Å². The van der Waals surface area contributed by atoms with E-state index in [-0.39, 0.29) is 42.7 Å². The van der Waals surface area contributed by atoms with Crippen molar-refractivity contribution in [3.63, 3.8) is 0 Å². The maximum atomic E-state index is 12.3. The highest BCUT2D eigenvalue weighted by atomic mass is 35.5. The summed E-state index contributed by atoms with van der Waals surface area (Å²) in [6, 6.07) is 11.8. The van der Waals surface area contributed by atoms with Crippen molar-refractivity contribution in [2.75, 3.05) is 23.8 Å². The quantitative estimate of drug-likeness (QED) is 0.717. The predicted octanol–water partition coefficient (Wildman–Crippen LogP) is 2.49. The molecule has 0 spiro atoms. The number of anilines is 2. The second kappa shape index (κ2) is 10.8. The molecule has 2 amide bonds. The first-order valence-corrected chi connectivity index (χ1v) is 8.12. The lowest BCUT2D eigenvalue weighted by Crippen LogP contribution is -2.53. The van der Waals surface area contributed by atoms with E-state index in [1.165, 1.54) is 6.20 Å². The molecule has 1 saturated heterocycles. The number of benzene rings is 1. The maximum Gasteiger partial charge on any atom is 0.256 e. The number of amides is 2. The third kappa shape index (κ3) is 6.18. The van der Waals surface area contributed by atoms with Crippen LogP contribution in [0.1, 0.15) is 17.3 Å². The normalized spacial score (nSPS) is 18.4. The number of nitrogens with one attached hydrogen (secondary N) is 3. The molecule has 0 unspecified atom stereocenters. The van der Waals surface area contributed by atoms with Crippen molar-refractivity contribution in [3.05, 3.63) is 54.2 Å². The topological polar surface area (TPSA) is 92.4 Å². The largest absolute Gasteiger partial charge is 0.375 e. The maximum absolute atomic E-state index is 12.3. The average Bonchev–Trinajstić information content (AvgIpc) is 2.64. The van der Waals surface area contributed by atoms with Gasteiger partial charge in [-0.15, -0.1) is 24.8 Å². The summed E-state index contributed by atoms with van der Waals surface area (Å²) in [7, 11) is 0. The second-order valence-corrected chi connectivity index (χ2v) is 5.75. The Hall–Kier alpha value is -2.19. The molecule has 9 heteroatoms. The lowest BCUT2D eigenvalue weighted by molar-refractivity contribution is -0.123. The molecule has 1 fully saturated rings. The lowest BCUT2D eigenvalue weighted by atomic mass is 10.1. The van der Waals surface area contributed by atoms with Gasteiger partial charge in [-0.05, 0) is 31.2 Å². The van der Waals surface area contributed by atoms with Crippen LogP contribution in [0.5, 0.6) is 0 Å². The number of hydrogen-bond acceptors (Lipinski definition) is 5. The smallest absolute Gasteiger partial charge is 0.256 e. The van der Waals surface area contributed by atoms with Gasteiger partial charge in [0.2, 0.25) is 5.91 Å². The van der Waals surface area contributed by atoms with Crippen LogP contribution in [0.4, 0.5) is 11.5 Å². The number of aromatic nitrogens is 1. The van der Waals surface area contributed by atoms with E-state index < -0.39 is 6.04 Å². The zero-order chi connectivity index (χ0) is 17.6. The van der Waals surface area contributed by atoms with E-state index in [1.807, 2.05) is 13.0 Å². The molecule has 27 heavy (non-hydrogen) atoms. The number of nitrogens with zero attached hydrogens (tertiary/aromatic N) is 1. The Morgan fingerprint density at radius 3 is 2.48 bits per heavy atom. The molecule has 0 aliphatic carbocycles. The Morgan fingerprint density at radius 2 is 1.85 bits per heavy atom. The summed E-state index contributed by atoms with van der Waals surface area (Å²) < 4.78 is 5.47. The van der Waals surface area contributed by atoms with Crippen molar-refractivity contribution in [1.82, 2.24) is 10.3 Å². The highest BCUT2D eigenvalue weighted by Gasteiger charge is 2.28. The molecule has 0 bridgehead atoms. The number of carbonyl (C=O) groups excluding carboxylic acids is 2. The van der Waals surface area contributed by atoms with Gasteiger partial charge in [-0.25, -0.2) is 4.98 Å². The van der Waals surface area contributed by atoms with Gasteiger partial charge >= 0.3 is 0 Å². The molecule has 2 aromatic rings. The molecular weight excluding hydrogens is 391 g/mol. The molecule has 7 nitrogen and oxygen atoms in total. The van der Waals surface area contributed by atoms with Crippen LogP contribution in [0, 0.1) is 0 Å². The number of morpholine rings is 1. The van der Waals surface area contributed by atoms with Crippen LogP contribution in [0.25, 0.3) is 0 Å². The zero-order valence-electron chi connectivity index (χ0n) is 14.7. The number of rotatable bonds is 4. The van der Waals surface area contributed by atoms with E-state index in [1.54, 1.807) is 36.4 Å². The summed E-state index contributed by atoms with van der Waals surface area (Å²) in [4.78, 5) is 28.5. The SMILES string of the molecule is C[C@H]1OCCN[C@@H]1C(=O)Nc1ccc(NC(=O)c2ccccc2)nc1.Cl.Cl. The molecule has 2 atom stereocenters. The van der Waals surface area contributed by atoms with Crippen LogP contribution >= 0.6 is 24.8 Å².